The molecule has 168 valence electrons. The predicted octanol–water partition coefficient (Wildman–Crippen LogP) is 1.69. The standard InChI is InChI=1S/C22H20N6O5/c1-2-32-21(30)18-16(24-22(31)25-19(18)14-8-4-3-5-9-14)12-33-20(29)15-10-6-7-11-17(15)28-13-23-26-27-28/h3-11,13,19H,2,12H2,1H3,(H2,24,25,31)/t19-/m1/s1. The lowest BCUT2D eigenvalue weighted by molar-refractivity contribution is -0.139. The Bertz CT molecular complexity index is 1190. The molecule has 2 aromatic carbocycles. The molecule has 0 saturated heterocycles. The number of ether oxygens (including phenoxy) is 2. The molecule has 1 aliphatic heterocycles. The Labute approximate surface area is 188 Å². The second kappa shape index (κ2) is 9.73. The minimum absolute atomic E-state index is 0.138. The molecular formula is C22H20N6O5. The summed E-state index contributed by atoms with van der Waals surface area (Å²) in [5.74, 6) is -1.31. The van der Waals surface area contributed by atoms with E-state index < -0.39 is 24.0 Å². The van der Waals surface area contributed by atoms with Crippen LogP contribution in [0.25, 0.3) is 5.69 Å². The lowest BCUT2D eigenvalue weighted by Gasteiger charge is -2.29. The van der Waals surface area contributed by atoms with E-state index in [4.69, 9.17) is 9.47 Å². The SMILES string of the molecule is CCOC(=O)C1=C(COC(=O)c2ccccc2-n2cnnn2)NC(=O)N[C@@H]1c1ccccc1. The van der Waals surface area contributed by atoms with E-state index in [1.165, 1.54) is 11.0 Å². The first kappa shape index (κ1) is 21.7. The van der Waals surface area contributed by atoms with Gasteiger partial charge in [0.1, 0.15) is 12.9 Å². The van der Waals surface area contributed by atoms with Crippen molar-refractivity contribution in [1.29, 1.82) is 0 Å². The molecule has 0 unspecified atom stereocenters. The summed E-state index contributed by atoms with van der Waals surface area (Å²) >= 11 is 0. The van der Waals surface area contributed by atoms with Crippen LogP contribution in [0.1, 0.15) is 28.9 Å². The van der Waals surface area contributed by atoms with Crippen molar-refractivity contribution in [2.24, 2.45) is 0 Å². The maximum atomic E-state index is 12.9. The Morgan fingerprint density at radius 3 is 2.52 bits per heavy atom. The number of tetrazole rings is 1. The number of amides is 2. The number of esters is 2. The zero-order valence-electron chi connectivity index (χ0n) is 17.6. The van der Waals surface area contributed by atoms with Gasteiger partial charge in [0.25, 0.3) is 0 Å². The fourth-order valence-electron chi connectivity index (χ4n) is 3.41. The van der Waals surface area contributed by atoms with Crippen molar-refractivity contribution >= 4 is 18.0 Å². The first-order valence-corrected chi connectivity index (χ1v) is 10.1. The van der Waals surface area contributed by atoms with Crippen LogP contribution < -0.4 is 10.6 Å². The number of carbonyl (C=O) groups excluding carboxylic acids is 3. The van der Waals surface area contributed by atoms with Gasteiger partial charge in [-0.2, -0.15) is 4.68 Å². The quantitative estimate of drug-likeness (QED) is 0.521. The van der Waals surface area contributed by atoms with Crippen molar-refractivity contribution in [2.45, 2.75) is 13.0 Å². The summed E-state index contributed by atoms with van der Waals surface area (Å²) in [7, 11) is 0. The first-order valence-electron chi connectivity index (χ1n) is 10.1. The fourth-order valence-corrected chi connectivity index (χ4v) is 3.41. The normalized spacial score (nSPS) is 15.4. The highest BCUT2D eigenvalue weighted by Gasteiger charge is 2.34. The summed E-state index contributed by atoms with van der Waals surface area (Å²) in [5, 5.41) is 16.2. The van der Waals surface area contributed by atoms with E-state index in [-0.39, 0.29) is 30.0 Å². The van der Waals surface area contributed by atoms with Crippen molar-refractivity contribution < 1.29 is 23.9 Å². The second-order valence-electron chi connectivity index (χ2n) is 6.90. The Hall–Kier alpha value is -4.54. The molecule has 1 aromatic heterocycles. The Morgan fingerprint density at radius 1 is 1.03 bits per heavy atom. The number of carbonyl (C=O) groups is 3. The topological polar surface area (TPSA) is 137 Å². The lowest BCUT2D eigenvalue weighted by Crippen LogP contribution is -2.47. The third kappa shape index (κ3) is 4.71. The average Bonchev–Trinajstić information content (AvgIpc) is 3.38. The minimum Gasteiger partial charge on any atom is -0.463 e. The Morgan fingerprint density at radius 2 is 1.79 bits per heavy atom. The monoisotopic (exact) mass is 448 g/mol. The Kier molecular flexibility index (Phi) is 6.39. The van der Waals surface area contributed by atoms with Crippen LogP contribution in [0.15, 0.2) is 72.2 Å². The molecule has 0 fully saturated rings. The van der Waals surface area contributed by atoms with Crippen LogP contribution in [0.4, 0.5) is 4.79 Å². The number of nitrogens with one attached hydrogen (secondary N) is 2. The zero-order chi connectivity index (χ0) is 23.2. The van der Waals surface area contributed by atoms with Crippen LogP contribution in [0.3, 0.4) is 0 Å². The number of hydrogen-bond donors (Lipinski definition) is 2. The smallest absolute Gasteiger partial charge is 0.340 e. The third-order valence-electron chi connectivity index (χ3n) is 4.85. The van der Waals surface area contributed by atoms with Crippen LogP contribution in [-0.4, -0.2) is 51.4 Å². The van der Waals surface area contributed by atoms with Gasteiger partial charge >= 0.3 is 18.0 Å². The van der Waals surface area contributed by atoms with Gasteiger partial charge in [0.15, 0.2) is 0 Å². The molecule has 0 saturated carbocycles. The second-order valence-corrected chi connectivity index (χ2v) is 6.90. The van der Waals surface area contributed by atoms with Crippen molar-refractivity contribution in [2.75, 3.05) is 13.2 Å². The molecule has 11 nitrogen and oxygen atoms in total. The van der Waals surface area contributed by atoms with E-state index in [9.17, 15) is 14.4 Å². The summed E-state index contributed by atoms with van der Waals surface area (Å²) in [4.78, 5) is 38.0. The van der Waals surface area contributed by atoms with Crippen molar-refractivity contribution in [1.82, 2.24) is 30.8 Å². The third-order valence-corrected chi connectivity index (χ3v) is 4.85. The Balaban J connectivity index is 1.64. The van der Waals surface area contributed by atoms with Gasteiger partial charge in [-0.25, -0.2) is 14.4 Å². The van der Waals surface area contributed by atoms with Gasteiger partial charge in [-0.3, -0.25) is 0 Å². The molecule has 11 heteroatoms. The zero-order valence-corrected chi connectivity index (χ0v) is 17.6. The summed E-state index contributed by atoms with van der Waals surface area (Å²) < 4.78 is 12.0. The molecule has 33 heavy (non-hydrogen) atoms. The molecule has 1 aliphatic rings. The van der Waals surface area contributed by atoms with Crippen molar-refractivity contribution in [3.8, 4) is 5.69 Å². The molecular weight excluding hydrogens is 428 g/mol. The van der Waals surface area contributed by atoms with Crippen molar-refractivity contribution in [3.63, 3.8) is 0 Å². The lowest BCUT2D eigenvalue weighted by atomic mass is 9.95. The minimum atomic E-state index is -0.763. The number of nitrogens with zero attached hydrogens (tertiary/aromatic N) is 4. The molecule has 1 atom stereocenters. The van der Waals surface area contributed by atoms with Crippen LogP contribution in [0, 0.1) is 0 Å². The number of benzene rings is 2. The summed E-state index contributed by atoms with van der Waals surface area (Å²) in [6.45, 7) is 1.47. The number of rotatable bonds is 7. The van der Waals surface area contributed by atoms with E-state index in [0.717, 1.165) is 0 Å². The number of aromatic nitrogens is 4. The highest BCUT2D eigenvalue weighted by Crippen LogP contribution is 2.28. The average molecular weight is 448 g/mol. The summed E-state index contributed by atoms with van der Waals surface area (Å²) in [6.07, 6.45) is 1.35. The van der Waals surface area contributed by atoms with Gasteiger partial charge in [-0.15, -0.1) is 5.10 Å². The van der Waals surface area contributed by atoms with E-state index in [2.05, 4.69) is 26.2 Å². The molecule has 2 amide bonds. The van der Waals surface area contributed by atoms with Gasteiger partial charge in [0.2, 0.25) is 0 Å². The number of urea groups is 1. The molecule has 4 rings (SSSR count). The van der Waals surface area contributed by atoms with Crippen LogP contribution >= 0.6 is 0 Å². The number of hydrogen-bond acceptors (Lipinski definition) is 8. The molecule has 0 spiro atoms. The molecule has 0 bridgehead atoms. The molecule has 2 N–H and O–H groups in total. The van der Waals surface area contributed by atoms with Gasteiger partial charge < -0.3 is 20.1 Å². The molecule has 3 aromatic rings. The van der Waals surface area contributed by atoms with Crippen molar-refractivity contribution in [3.05, 3.63) is 83.3 Å². The maximum absolute atomic E-state index is 12.9. The molecule has 0 aliphatic carbocycles. The summed E-state index contributed by atoms with van der Waals surface area (Å²) in [6, 6.07) is 14.3. The van der Waals surface area contributed by atoms with Gasteiger partial charge in [-0.1, -0.05) is 42.5 Å². The van der Waals surface area contributed by atoms with Crippen LogP contribution in [0.5, 0.6) is 0 Å². The van der Waals surface area contributed by atoms with E-state index in [1.807, 2.05) is 6.07 Å². The van der Waals surface area contributed by atoms with Gasteiger partial charge in [0.05, 0.1) is 35.2 Å². The maximum Gasteiger partial charge on any atom is 0.340 e. The first-order chi connectivity index (χ1) is 16.1. The van der Waals surface area contributed by atoms with Crippen LogP contribution in [0.2, 0.25) is 0 Å². The predicted molar refractivity (Wildman–Crippen MR) is 114 cm³/mol. The highest BCUT2D eigenvalue weighted by molar-refractivity contribution is 5.96. The molecule has 2 heterocycles. The van der Waals surface area contributed by atoms with E-state index >= 15 is 0 Å². The fraction of sp³-hybridized carbons (Fsp3) is 0.182. The van der Waals surface area contributed by atoms with E-state index in [1.54, 1.807) is 55.5 Å². The largest absolute Gasteiger partial charge is 0.463 e. The van der Waals surface area contributed by atoms with Crippen LogP contribution in [-0.2, 0) is 14.3 Å². The molecule has 0 radical (unpaired) electrons. The number of para-hydroxylation sites is 1. The van der Waals surface area contributed by atoms with Gasteiger partial charge in [-0.05, 0) is 35.0 Å². The summed E-state index contributed by atoms with van der Waals surface area (Å²) in [5.41, 5.74) is 1.61. The highest BCUT2D eigenvalue weighted by atomic mass is 16.5. The van der Waals surface area contributed by atoms with E-state index in [0.29, 0.717) is 11.3 Å². The van der Waals surface area contributed by atoms with Gasteiger partial charge in [0, 0.05) is 0 Å².